The molecule has 1 aromatic carbocycles. The second-order valence-corrected chi connectivity index (χ2v) is 5.19. The Morgan fingerprint density at radius 2 is 2.00 bits per heavy atom. The zero-order valence-electron chi connectivity index (χ0n) is 11.2. The van der Waals surface area contributed by atoms with Gasteiger partial charge in [-0.25, -0.2) is 4.98 Å². The van der Waals surface area contributed by atoms with E-state index in [0.29, 0.717) is 18.8 Å². The van der Waals surface area contributed by atoms with Crippen molar-refractivity contribution < 1.29 is 4.79 Å². The molecule has 2 aromatic rings. The molecule has 0 aliphatic heterocycles. The van der Waals surface area contributed by atoms with Gasteiger partial charge >= 0.3 is 0 Å². The zero-order valence-corrected chi connectivity index (χ0v) is 12.0. The molecule has 0 unspecified atom stereocenters. The number of rotatable bonds is 7. The lowest BCUT2D eigenvalue weighted by Gasteiger charge is -2.18. The van der Waals surface area contributed by atoms with E-state index in [1.54, 1.807) is 17.1 Å². The summed E-state index contributed by atoms with van der Waals surface area (Å²) >= 11 is 1.41. The summed E-state index contributed by atoms with van der Waals surface area (Å²) in [5.74, 6) is 0.400. The molecule has 0 aliphatic carbocycles. The molecular weight excluding hydrogens is 270 g/mol. The van der Waals surface area contributed by atoms with Crippen molar-refractivity contribution in [1.29, 1.82) is 0 Å². The van der Waals surface area contributed by atoms with Crippen LogP contribution in [0.5, 0.6) is 0 Å². The number of nitrogens with zero attached hydrogens (tertiary/aromatic N) is 2. The summed E-state index contributed by atoms with van der Waals surface area (Å²) in [5, 5.41) is 0.761. The van der Waals surface area contributed by atoms with Crippen molar-refractivity contribution in [3.8, 4) is 0 Å². The quantitative estimate of drug-likeness (QED) is 0.629. The maximum absolute atomic E-state index is 12.1. The van der Waals surface area contributed by atoms with Gasteiger partial charge in [0.15, 0.2) is 5.16 Å². The number of H-pyrrole nitrogens is 1. The number of benzene rings is 1. The fourth-order valence-electron chi connectivity index (χ4n) is 1.81. The van der Waals surface area contributed by atoms with E-state index < -0.39 is 0 Å². The predicted octanol–water partition coefficient (Wildman–Crippen LogP) is 2.86. The standard InChI is InChI=1S/C15H17N3OS/c1-3-9-18(10-4-2)14(19)11-20-15-16-12-7-5-6-8-13(12)17-15/h3-8H,1-2,9-11H2,(H,16,17). The highest BCUT2D eigenvalue weighted by Gasteiger charge is 2.12. The highest BCUT2D eigenvalue weighted by Crippen LogP contribution is 2.19. The number of hydrogen-bond donors (Lipinski definition) is 1. The lowest BCUT2D eigenvalue weighted by atomic mass is 10.3. The number of thioether (sulfide) groups is 1. The third-order valence-electron chi connectivity index (χ3n) is 2.75. The van der Waals surface area contributed by atoms with Gasteiger partial charge in [0.25, 0.3) is 0 Å². The smallest absolute Gasteiger partial charge is 0.233 e. The van der Waals surface area contributed by atoms with Gasteiger partial charge in [0.1, 0.15) is 0 Å². The van der Waals surface area contributed by atoms with E-state index in [1.807, 2.05) is 24.3 Å². The molecule has 0 fully saturated rings. The van der Waals surface area contributed by atoms with Crippen LogP contribution in [-0.2, 0) is 4.79 Å². The van der Waals surface area contributed by atoms with Crippen molar-refractivity contribution in [2.24, 2.45) is 0 Å². The molecule has 104 valence electrons. The fraction of sp³-hybridized carbons (Fsp3) is 0.200. The summed E-state index contributed by atoms with van der Waals surface area (Å²) < 4.78 is 0. The summed E-state index contributed by atoms with van der Waals surface area (Å²) in [4.78, 5) is 21.4. The zero-order chi connectivity index (χ0) is 14.4. The normalized spacial score (nSPS) is 10.4. The van der Waals surface area contributed by atoms with Crippen molar-refractivity contribution in [1.82, 2.24) is 14.9 Å². The average Bonchev–Trinajstić information content (AvgIpc) is 2.87. The minimum Gasteiger partial charge on any atom is -0.335 e. The maximum Gasteiger partial charge on any atom is 0.233 e. The minimum atomic E-state index is 0.0512. The van der Waals surface area contributed by atoms with E-state index in [-0.39, 0.29) is 5.91 Å². The number of aromatic amines is 1. The molecule has 0 spiro atoms. The van der Waals surface area contributed by atoms with Gasteiger partial charge in [-0.15, -0.1) is 13.2 Å². The van der Waals surface area contributed by atoms with E-state index >= 15 is 0 Å². The largest absolute Gasteiger partial charge is 0.335 e. The molecule has 0 saturated carbocycles. The third kappa shape index (κ3) is 3.51. The van der Waals surface area contributed by atoms with Crippen LogP contribution >= 0.6 is 11.8 Å². The molecule has 0 bridgehead atoms. The van der Waals surface area contributed by atoms with Crippen LogP contribution in [0.3, 0.4) is 0 Å². The minimum absolute atomic E-state index is 0.0512. The van der Waals surface area contributed by atoms with Crippen LogP contribution in [0.25, 0.3) is 11.0 Å². The number of amides is 1. The van der Waals surface area contributed by atoms with Gasteiger partial charge in [-0.3, -0.25) is 4.79 Å². The number of fused-ring (bicyclic) bond motifs is 1. The Balaban J connectivity index is 1.98. The molecule has 5 heteroatoms. The highest BCUT2D eigenvalue weighted by atomic mass is 32.2. The molecule has 4 nitrogen and oxygen atoms in total. The van der Waals surface area contributed by atoms with Crippen molar-refractivity contribution in [2.75, 3.05) is 18.8 Å². The molecule has 1 amide bonds. The molecule has 1 N–H and O–H groups in total. The van der Waals surface area contributed by atoms with Crippen LogP contribution in [0.15, 0.2) is 54.7 Å². The lowest BCUT2D eigenvalue weighted by Crippen LogP contribution is -2.32. The van der Waals surface area contributed by atoms with Gasteiger partial charge in [-0.05, 0) is 12.1 Å². The monoisotopic (exact) mass is 287 g/mol. The second-order valence-electron chi connectivity index (χ2n) is 4.22. The highest BCUT2D eigenvalue weighted by molar-refractivity contribution is 7.99. The Kier molecular flexibility index (Phi) is 5.01. The second kappa shape index (κ2) is 6.96. The topological polar surface area (TPSA) is 49.0 Å². The van der Waals surface area contributed by atoms with Crippen LogP contribution < -0.4 is 0 Å². The Labute approximate surface area is 122 Å². The van der Waals surface area contributed by atoms with Crippen LogP contribution in [-0.4, -0.2) is 39.6 Å². The van der Waals surface area contributed by atoms with E-state index in [4.69, 9.17) is 0 Å². The fourth-order valence-corrected chi connectivity index (χ4v) is 2.60. The number of hydrogen-bond acceptors (Lipinski definition) is 3. The third-order valence-corrected chi connectivity index (χ3v) is 3.61. The number of carbonyl (C=O) groups is 1. The Morgan fingerprint density at radius 1 is 1.30 bits per heavy atom. The molecule has 1 heterocycles. The first kappa shape index (κ1) is 14.4. The van der Waals surface area contributed by atoms with Gasteiger partial charge in [0, 0.05) is 13.1 Å². The average molecular weight is 287 g/mol. The van der Waals surface area contributed by atoms with E-state index in [1.165, 1.54) is 11.8 Å². The summed E-state index contributed by atoms with van der Waals surface area (Å²) in [5.41, 5.74) is 1.90. The molecule has 2 rings (SSSR count). The molecule has 0 saturated heterocycles. The first-order chi connectivity index (χ1) is 9.74. The predicted molar refractivity (Wildman–Crippen MR) is 83.8 cm³/mol. The number of carbonyl (C=O) groups excluding carboxylic acids is 1. The van der Waals surface area contributed by atoms with Gasteiger partial charge < -0.3 is 9.88 Å². The van der Waals surface area contributed by atoms with Gasteiger partial charge in [-0.2, -0.15) is 0 Å². The van der Waals surface area contributed by atoms with E-state index in [0.717, 1.165) is 16.2 Å². The van der Waals surface area contributed by atoms with Crippen molar-refractivity contribution in [3.63, 3.8) is 0 Å². The van der Waals surface area contributed by atoms with Crippen LogP contribution in [0.1, 0.15) is 0 Å². The molecule has 1 aromatic heterocycles. The SMILES string of the molecule is C=CCN(CC=C)C(=O)CSc1nc2ccccc2[nH]1. The first-order valence-electron chi connectivity index (χ1n) is 6.31. The summed E-state index contributed by atoms with van der Waals surface area (Å²) in [6.45, 7) is 8.38. The van der Waals surface area contributed by atoms with Gasteiger partial charge in [0.2, 0.25) is 5.91 Å². The molecule has 0 atom stereocenters. The molecule has 0 radical (unpaired) electrons. The summed E-state index contributed by atoms with van der Waals surface area (Å²) in [6, 6.07) is 7.81. The van der Waals surface area contributed by atoms with E-state index in [9.17, 15) is 4.79 Å². The number of aromatic nitrogens is 2. The molecule has 0 aliphatic rings. The van der Waals surface area contributed by atoms with Crippen molar-refractivity contribution in [3.05, 3.63) is 49.6 Å². The summed E-state index contributed by atoms with van der Waals surface area (Å²) in [6.07, 6.45) is 3.43. The maximum atomic E-state index is 12.1. The number of para-hydroxylation sites is 2. The van der Waals surface area contributed by atoms with Crippen LogP contribution in [0.2, 0.25) is 0 Å². The van der Waals surface area contributed by atoms with Crippen LogP contribution in [0.4, 0.5) is 0 Å². The van der Waals surface area contributed by atoms with Crippen molar-refractivity contribution in [2.45, 2.75) is 5.16 Å². The molecular formula is C15H17N3OS. The number of imidazole rings is 1. The van der Waals surface area contributed by atoms with Crippen LogP contribution in [0, 0.1) is 0 Å². The van der Waals surface area contributed by atoms with Crippen molar-refractivity contribution >= 4 is 28.7 Å². The van der Waals surface area contributed by atoms with Gasteiger partial charge in [0.05, 0.1) is 16.8 Å². The Morgan fingerprint density at radius 3 is 2.65 bits per heavy atom. The van der Waals surface area contributed by atoms with Gasteiger partial charge in [-0.1, -0.05) is 36.0 Å². The summed E-state index contributed by atoms with van der Waals surface area (Å²) in [7, 11) is 0. The lowest BCUT2D eigenvalue weighted by molar-refractivity contribution is -0.127. The van der Waals surface area contributed by atoms with E-state index in [2.05, 4.69) is 23.1 Å². The Bertz CT molecular complexity index is 577. The Hall–Kier alpha value is -2.01. The molecule has 20 heavy (non-hydrogen) atoms. The first-order valence-corrected chi connectivity index (χ1v) is 7.30. The number of nitrogens with one attached hydrogen (secondary N) is 1.